The maximum atomic E-state index is 9.15. The van der Waals surface area contributed by atoms with E-state index in [1.807, 2.05) is 26.8 Å². The van der Waals surface area contributed by atoms with Crippen molar-refractivity contribution < 1.29 is 0 Å². The van der Waals surface area contributed by atoms with Gasteiger partial charge in [0, 0.05) is 5.56 Å². The zero-order valence-corrected chi connectivity index (χ0v) is 12.3. The second-order valence-corrected chi connectivity index (χ2v) is 5.00. The Morgan fingerprint density at radius 3 is 2.05 bits per heavy atom. The van der Waals surface area contributed by atoms with Crippen molar-refractivity contribution >= 4 is 0 Å². The van der Waals surface area contributed by atoms with E-state index in [4.69, 9.17) is 5.26 Å². The summed E-state index contributed by atoms with van der Waals surface area (Å²) < 4.78 is 0. The van der Waals surface area contributed by atoms with Crippen molar-refractivity contribution in [2.45, 2.75) is 27.7 Å². The molecule has 0 bridgehead atoms. The molecule has 0 aliphatic carbocycles. The summed E-state index contributed by atoms with van der Waals surface area (Å²) in [7, 11) is 0. The first-order chi connectivity index (χ1) is 9.56. The molecule has 0 spiro atoms. The molecule has 0 saturated heterocycles. The largest absolute Gasteiger partial charge is 0.192 e. The normalized spacial score (nSPS) is 9.55. The topological polar surface area (TPSA) is 23.8 Å². The van der Waals surface area contributed by atoms with Crippen molar-refractivity contribution in [3.8, 4) is 29.0 Å². The lowest BCUT2D eigenvalue weighted by atomic mass is 9.93. The Morgan fingerprint density at radius 2 is 1.55 bits per heavy atom. The molecule has 0 amide bonds. The van der Waals surface area contributed by atoms with E-state index >= 15 is 0 Å². The van der Waals surface area contributed by atoms with E-state index in [1.165, 1.54) is 11.1 Å². The average Bonchev–Trinajstić information content (AvgIpc) is 2.38. The van der Waals surface area contributed by atoms with Crippen molar-refractivity contribution in [2.24, 2.45) is 0 Å². The smallest absolute Gasteiger partial charge is 0.0997 e. The first kappa shape index (κ1) is 13.9. The van der Waals surface area contributed by atoms with E-state index in [9.17, 15) is 0 Å². The van der Waals surface area contributed by atoms with Gasteiger partial charge in [-0.15, -0.1) is 5.92 Å². The molecule has 2 aromatic rings. The molecule has 20 heavy (non-hydrogen) atoms. The summed E-state index contributed by atoms with van der Waals surface area (Å²) in [6.07, 6.45) is 0. The molecular formula is C19H17N. The highest BCUT2D eigenvalue weighted by Gasteiger charge is 2.08. The van der Waals surface area contributed by atoms with Gasteiger partial charge in [0.05, 0.1) is 11.6 Å². The first-order valence-electron chi connectivity index (χ1n) is 6.62. The van der Waals surface area contributed by atoms with Crippen LogP contribution in [0.2, 0.25) is 0 Å². The molecule has 0 aromatic heterocycles. The van der Waals surface area contributed by atoms with Gasteiger partial charge in [-0.25, -0.2) is 0 Å². The predicted molar refractivity (Wildman–Crippen MR) is 83.4 cm³/mol. The summed E-state index contributed by atoms with van der Waals surface area (Å²) in [5.41, 5.74) is 7.43. The number of aryl methyl sites for hydroxylation is 3. The van der Waals surface area contributed by atoms with Crippen molar-refractivity contribution in [1.82, 2.24) is 0 Å². The second kappa shape index (κ2) is 5.64. The van der Waals surface area contributed by atoms with Crippen LogP contribution >= 0.6 is 0 Å². The molecule has 0 aliphatic rings. The molecule has 2 rings (SSSR count). The molecule has 0 aliphatic heterocycles. The van der Waals surface area contributed by atoms with Crippen molar-refractivity contribution in [2.75, 3.05) is 0 Å². The Hall–Kier alpha value is -2.51. The minimum absolute atomic E-state index is 0.778. The van der Waals surface area contributed by atoms with Crippen LogP contribution in [0, 0.1) is 43.9 Å². The van der Waals surface area contributed by atoms with E-state index in [-0.39, 0.29) is 0 Å². The van der Waals surface area contributed by atoms with Crippen LogP contribution in [0.25, 0.3) is 11.1 Å². The fourth-order valence-corrected chi connectivity index (χ4v) is 2.51. The van der Waals surface area contributed by atoms with Crippen LogP contribution in [-0.2, 0) is 0 Å². The Bertz CT molecular complexity index is 742. The van der Waals surface area contributed by atoms with Crippen LogP contribution in [0.1, 0.15) is 34.7 Å². The molecule has 0 atom stereocenters. The summed E-state index contributed by atoms with van der Waals surface area (Å²) >= 11 is 0. The molecular weight excluding hydrogens is 242 g/mol. The van der Waals surface area contributed by atoms with Gasteiger partial charge in [-0.1, -0.05) is 24.1 Å². The predicted octanol–water partition coefficient (Wildman–Crippen LogP) is 4.52. The maximum absolute atomic E-state index is 9.15. The highest BCUT2D eigenvalue weighted by molar-refractivity contribution is 5.71. The highest BCUT2D eigenvalue weighted by atomic mass is 14.2. The highest BCUT2D eigenvalue weighted by Crippen LogP contribution is 2.28. The molecule has 0 heterocycles. The third-order valence-corrected chi connectivity index (χ3v) is 3.45. The number of hydrogen-bond donors (Lipinski definition) is 0. The third kappa shape index (κ3) is 2.58. The summed E-state index contributed by atoms with van der Waals surface area (Å²) in [6, 6.07) is 12.7. The standard InChI is InChI=1S/C19H17N/c1-5-6-16-7-8-18(13(2)9-16)17-10-14(3)19(12-20)15(4)11-17/h7-11H,1-4H3. The van der Waals surface area contributed by atoms with Crippen molar-refractivity contribution in [3.05, 3.63) is 58.1 Å². The monoisotopic (exact) mass is 259 g/mol. The molecule has 1 heteroatoms. The van der Waals surface area contributed by atoms with Gasteiger partial charge in [0.2, 0.25) is 0 Å². The van der Waals surface area contributed by atoms with Crippen LogP contribution in [0.3, 0.4) is 0 Å². The fraction of sp³-hybridized carbons (Fsp3) is 0.211. The average molecular weight is 259 g/mol. The molecule has 1 nitrogen and oxygen atoms in total. The van der Waals surface area contributed by atoms with Gasteiger partial charge < -0.3 is 0 Å². The lowest BCUT2D eigenvalue weighted by molar-refractivity contribution is 1.32. The number of hydrogen-bond acceptors (Lipinski definition) is 1. The molecule has 2 aromatic carbocycles. The van der Waals surface area contributed by atoms with E-state index in [2.05, 4.69) is 49.1 Å². The third-order valence-electron chi connectivity index (χ3n) is 3.45. The SMILES string of the molecule is CC#Cc1ccc(-c2cc(C)c(C#N)c(C)c2)c(C)c1. The minimum atomic E-state index is 0.778. The maximum Gasteiger partial charge on any atom is 0.0997 e. The van der Waals surface area contributed by atoms with Crippen molar-refractivity contribution in [1.29, 1.82) is 5.26 Å². The molecule has 98 valence electrons. The summed E-state index contributed by atoms with van der Waals surface area (Å²) in [5, 5.41) is 9.15. The van der Waals surface area contributed by atoms with E-state index in [1.54, 1.807) is 0 Å². The number of rotatable bonds is 1. The van der Waals surface area contributed by atoms with Crippen LogP contribution < -0.4 is 0 Å². The zero-order valence-electron chi connectivity index (χ0n) is 12.3. The Balaban J connectivity index is 2.57. The molecule has 0 unspecified atom stereocenters. The lowest BCUT2D eigenvalue weighted by Gasteiger charge is -2.10. The van der Waals surface area contributed by atoms with Crippen molar-refractivity contribution in [3.63, 3.8) is 0 Å². The van der Waals surface area contributed by atoms with E-state index in [0.717, 1.165) is 27.8 Å². The van der Waals surface area contributed by atoms with E-state index in [0.29, 0.717) is 0 Å². The van der Waals surface area contributed by atoms with Gasteiger partial charge in [-0.3, -0.25) is 0 Å². The first-order valence-corrected chi connectivity index (χ1v) is 6.62. The lowest BCUT2D eigenvalue weighted by Crippen LogP contribution is -1.92. The number of nitriles is 1. The summed E-state index contributed by atoms with van der Waals surface area (Å²) in [6.45, 7) is 7.91. The van der Waals surface area contributed by atoms with Gasteiger partial charge >= 0.3 is 0 Å². The Labute approximate surface area is 120 Å². The molecule has 0 radical (unpaired) electrons. The van der Waals surface area contributed by atoms with Crippen LogP contribution in [0.4, 0.5) is 0 Å². The number of nitrogens with zero attached hydrogens (tertiary/aromatic N) is 1. The van der Waals surface area contributed by atoms with Gasteiger partial charge in [-0.05, 0) is 67.6 Å². The zero-order chi connectivity index (χ0) is 14.7. The van der Waals surface area contributed by atoms with Gasteiger partial charge in [0.25, 0.3) is 0 Å². The Kier molecular flexibility index (Phi) is 3.92. The van der Waals surface area contributed by atoms with Gasteiger partial charge in [0.15, 0.2) is 0 Å². The summed E-state index contributed by atoms with van der Waals surface area (Å²) in [4.78, 5) is 0. The fourth-order valence-electron chi connectivity index (χ4n) is 2.51. The minimum Gasteiger partial charge on any atom is -0.192 e. The van der Waals surface area contributed by atoms with Crippen LogP contribution in [-0.4, -0.2) is 0 Å². The Morgan fingerprint density at radius 1 is 0.900 bits per heavy atom. The second-order valence-electron chi connectivity index (χ2n) is 5.00. The quantitative estimate of drug-likeness (QED) is 0.691. The summed E-state index contributed by atoms with van der Waals surface area (Å²) in [5.74, 6) is 5.99. The van der Waals surface area contributed by atoms with Gasteiger partial charge in [0.1, 0.15) is 0 Å². The van der Waals surface area contributed by atoms with E-state index < -0.39 is 0 Å². The molecule has 0 fully saturated rings. The van der Waals surface area contributed by atoms with Gasteiger partial charge in [-0.2, -0.15) is 5.26 Å². The van der Waals surface area contributed by atoms with Crippen LogP contribution in [0.5, 0.6) is 0 Å². The molecule has 0 saturated carbocycles. The number of benzene rings is 2. The van der Waals surface area contributed by atoms with Crippen LogP contribution in [0.15, 0.2) is 30.3 Å². The molecule has 0 N–H and O–H groups in total.